The van der Waals surface area contributed by atoms with Crippen molar-refractivity contribution in [2.24, 2.45) is 5.73 Å². The molecule has 3 rings (SSSR count). The molecule has 0 bridgehead atoms. The van der Waals surface area contributed by atoms with Crippen LogP contribution in [0.5, 0.6) is 0 Å². The summed E-state index contributed by atoms with van der Waals surface area (Å²) in [6.45, 7) is 6.32. The number of benzene rings is 1. The quantitative estimate of drug-likeness (QED) is 0.753. The Morgan fingerprint density at radius 2 is 1.78 bits per heavy atom. The zero-order valence-corrected chi connectivity index (χ0v) is 18.5. The van der Waals surface area contributed by atoms with Gasteiger partial charge in [0.15, 0.2) is 0 Å². The second kappa shape index (κ2) is 12.5. The number of hydrogen-bond donors (Lipinski definition) is 1. The van der Waals surface area contributed by atoms with E-state index >= 15 is 0 Å². The van der Waals surface area contributed by atoms with E-state index in [2.05, 4.69) is 9.88 Å². The van der Waals surface area contributed by atoms with Crippen LogP contribution in [0.2, 0.25) is 0 Å². The first kappa shape index (κ1) is 26.1. The predicted octanol–water partition coefficient (Wildman–Crippen LogP) is 3.45. The number of thiazole rings is 1. The summed E-state index contributed by atoms with van der Waals surface area (Å²) in [6, 6.07) is 9.61. The number of aromatic nitrogens is 1. The maximum atomic E-state index is 12.5. The van der Waals surface area contributed by atoms with Gasteiger partial charge in [-0.05, 0) is 12.5 Å². The van der Waals surface area contributed by atoms with Gasteiger partial charge in [-0.2, -0.15) is 0 Å². The zero-order chi connectivity index (χ0) is 16.9. The standard InChI is InChI=1S/C18H24N4OS.3ClH/c1-14-20-12-16(24-14)13-21-7-9-22(10-8-21)18(23)11-17(19)15-5-3-2-4-6-15;;;/h2-6,12,17H,7-11,13,19H2,1H3;3*1H. The van der Waals surface area contributed by atoms with Crippen molar-refractivity contribution in [3.8, 4) is 0 Å². The molecule has 0 radical (unpaired) electrons. The summed E-state index contributed by atoms with van der Waals surface area (Å²) < 4.78 is 0. The molecule has 1 aromatic heterocycles. The number of nitrogens with two attached hydrogens (primary N) is 1. The average molecular weight is 454 g/mol. The van der Waals surface area contributed by atoms with Crippen LogP contribution in [0.3, 0.4) is 0 Å². The lowest BCUT2D eigenvalue weighted by Crippen LogP contribution is -2.48. The summed E-state index contributed by atoms with van der Waals surface area (Å²) in [5.41, 5.74) is 7.19. The fourth-order valence-corrected chi connectivity index (χ4v) is 3.83. The second-order valence-electron chi connectivity index (χ2n) is 6.22. The van der Waals surface area contributed by atoms with E-state index < -0.39 is 0 Å². The number of nitrogens with zero attached hydrogens (tertiary/aromatic N) is 3. The largest absolute Gasteiger partial charge is 0.340 e. The van der Waals surface area contributed by atoms with Crippen molar-refractivity contribution in [1.82, 2.24) is 14.8 Å². The SMILES string of the molecule is Cc1ncc(CN2CCN(C(=O)CC(N)c3ccccc3)CC2)s1.Cl.Cl.Cl. The number of halogens is 3. The van der Waals surface area contributed by atoms with Crippen LogP contribution >= 0.6 is 48.6 Å². The number of hydrogen-bond acceptors (Lipinski definition) is 5. The monoisotopic (exact) mass is 452 g/mol. The lowest BCUT2D eigenvalue weighted by Gasteiger charge is -2.35. The minimum absolute atomic E-state index is 0. The van der Waals surface area contributed by atoms with E-state index in [1.54, 1.807) is 11.3 Å². The van der Waals surface area contributed by atoms with Crippen LogP contribution in [0, 0.1) is 6.92 Å². The van der Waals surface area contributed by atoms with Gasteiger partial charge in [-0.25, -0.2) is 4.98 Å². The molecule has 1 amide bonds. The highest BCUT2D eigenvalue weighted by Crippen LogP contribution is 2.18. The van der Waals surface area contributed by atoms with Gasteiger partial charge in [0.05, 0.1) is 5.01 Å². The van der Waals surface area contributed by atoms with E-state index in [1.165, 1.54) is 4.88 Å². The van der Waals surface area contributed by atoms with E-state index in [9.17, 15) is 4.79 Å². The first-order valence-corrected chi connectivity index (χ1v) is 9.15. The van der Waals surface area contributed by atoms with Crippen LogP contribution in [-0.4, -0.2) is 46.9 Å². The molecular weight excluding hydrogens is 427 g/mol. The van der Waals surface area contributed by atoms with Gasteiger partial charge >= 0.3 is 0 Å². The van der Waals surface area contributed by atoms with Gasteiger partial charge in [0, 0.05) is 56.3 Å². The van der Waals surface area contributed by atoms with Gasteiger partial charge in [-0.15, -0.1) is 48.6 Å². The van der Waals surface area contributed by atoms with E-state index in [0.29, 0.717) is 6.42 Å². The van der Waals surface area contributed by atoms with Crippen molar-refractivity contribution in [2.75, 3.05) is 26.2 Å². The normalized spacial score (nSPS) is 15.1. The predicted molar refractivity (Wildman–Crippen MR) is 118 cm³/mol. The average Bonchev–Trinajstić information content (AvgIpc) is 3.01. The molecule has 27 heavy (non-hydrogen) atoms. The fraction of sp³-hybridized carbons (Fsp3) is 0.444. The number of carbonyl (C=O) groups excluding carboxylic acids is 1. The summed E-state index contributed by atoms with van der Waals surface area (Å²) in [6.07, 6.45) is 2.33. The fourth-order valence-electron chi connectivity index (χ4n) is 2.99. The molecule has 0 aliphatic carbocycles. The molecule has 152 valence electrons. The molecule has 1 unspecified atom stereocenters. The molecule has 2 heterocycles. The molecule has 2 aromatic rings. The zero-order valence-electron chi connectivity index (χ0n) is 15.2. The summed E-state index contributed by atoms with van der Waals surface area (Å²) in [7, 11) is 0. The van der Waals surface area contributed by atoms with Crippen molar-refractivity contribution in [1.29, 1.82) is 0 Å². The van der Waals surface area contributed by atoms with Gasteiger partial charge in [-0.1, -0.05) is 30.3 Å². The highest BCUT2D eigenvalue weighted by molar-refractivity contribution is 7.11. The molecule has 1 aliphatic heterocycles. The maximum Gasteiger partial charge on any atom is 0.224 e. The van der Waals surface area contributed by atoms with Crippen LogP contribution < -0.4 is 5.73 Å². The smallest absolute Gasteiger partial charge is 0.224 e. The molecule has 0 saturated carbocycles. The summed E-state index contributed by atoms with van der Waals surface area (Å²) in [5, 5.41) is 1.11. The highest BCUT2D eigenvalue weighted by Gasteiger charge is 2.23. The lowest BCUT2D eigenvalue weighted by molar-refractivity contribution is -0.133. The molecule has 1 aromatic carbocycles. The molecule has 1 saturated heterocycles. The molecule has 5 nitrogen and oxygen atoms in total. The number of aryl methyl sites for hydroxylation is 1. The van der Waals surface area contributed by atoms with E-state index in [1.807, 2.05) is 48.4 Å². The van der Waals surface area contributed by atoms with Crippen molar-refractivity contribution < 1.29 is 4.79 Å². The van der Waals surface area contributed by atoms with Gasteiger partial charge in [0.2, 0.25) is 5.91 Å². The van der Waals surface area contributed by atoms with Crippen LogP contribution in [0.15, 0.2) is 36.5 Å². The van der Waals surface area contributed by atoms with Crippen LogP contribution in [0.1, 0.15) is 27.9 Å². The third-order valence-corrected chi connectivity index (χ3v) is 5.29. The van der Waals surface area contributed by atoms with Crippen molar-refractivity contribution in [3.05, 3.63) is 52.0 Å². The topological polar surface area (TPSA) is 62.5 Å². The second-order valence-corrected chi connectivity index (χ2v) is 7.54. The first-order valence-electron chi connectivity index (χ1n) is 8.34. The Hall–Kier alpha value is -0.890. The third kappa shape index (κ3) is 7.56. The third-order valence-electron chi connectivity index (χ3n) is 4.40. The Balaban J connectivity index is 0.00000225. The molecule has 0 spiro atoms. The summed E-state index contributed by atoms with van der Waals surface area (Å²) in [4.78, 5) is 22.4. The summed E-state index contributed by atoms with van der Waals surface area (Å²) in [5.74, 6) is 0.152. The lowest BCUT2D eigenvalue weighted by atomic mass is 10.0. The first-order chi connectivity index (χ1) is 11.6. The minimum atomic E-state index is -0.225. The van der Waals surface area contributed by atoms with Gasteiger partial charge < -0.3 is 10.6 Å². The highest BCUT2D eigenvalue weighted by atomic mass is 35.5. The summed E-state index contributed by atoms with van der Waals surface area (Å²) >= 11 is 1.74. The molecule has 1 atom stereocenters. The van der Waals surface area contributed by atoms with Crippen molar-refractivity contribution >= 4 is 54.5 Å². The van der Waals surface area contributed by atoms with Gasteiger partial charge in [0.1, 0.15) is 0 Å². The Bertz CT molecular complexity index is 678. The molecule has 1 fully saturated rings. The molecule has 9 heteroatoms. The minimum Gasteiger partial charge on any atom is -0.340 e. The molecule has 2 N–H and O–H groups in total. The van der Waals surface area contributed by atoms with Crippen molar-refractivity contribution in [2.45, 2.75) is 25.9 Å². The van der Waals surface area contributed by atoms with E-state index in [0.717, 1.165) is 43.3 Å². The number of amides is 1. The Morgan fingerprint density at radius 3 is 2.33 bits per heavy atom. The van der Waals surface area contributed by atoms with E-state index in [-0.39, 0.29) is 49.2 Å². The molecule has 1 aliphatic rings. The number of rotatable bonds is 5. The van der Waals surface area contributed by atoms with Crippen LogP contribution in [-0.2, 0) is 11.3 Å². The number of carbonyl (C=O) groups is 1. The van der Waals surface area contributed by atoms with Crippen LogP contribution in [0.25, 0.3) is 0 Å². The maximum absolute atomic E-state index is 12.5. The van der Waals surface area contributed by atoms with Gasteiger partial charge in [-0.3, -0.25) is 9.69 Å². The van der Waals surface area contributed by atoms with Crippen LogP contribution in [0.4, 0.5) is 0 Å². The number of piperazine rings is 1. The van der Waals surface area contributed by atoms with Crippen molar-refractivity contribution in [3.63, 3.8) is 0 Å². The molecular formula is C18H27Cl3N4OS. The Kier molecular flexibility index (Phi) is 12.1. The van der Waals surface area contributed by atoms with E-state index in [4.69, 9.17) is 5.73 Å². The Morgan fingerprint density at radius 1 is 1.15 bits per heavy atom. The Labute approximate surface area is 183 Å². The van der Waals surface area contributed by atoms with Gasteiger partial charge in [0.25, 0.3) is 0 Å².